The van der Waals surface area contributed by atoms with Gasteiger partial charge in [-0.2, -0.15) is 0 Å². The van der Waals surface area contributed by atoms with Crippen LogP contribution in [0.2, 0.25) is 5.02 Å². The Kier molecular flexibility index (Phi) is 6.05. The van der Waals surface area contributed by atoms with Gasteiger partial charge in [-0.1, -0.05) is 29.8 Å². The molecule has 0 unspecified atom stereocenters. The molecule has 0 aliphatic carbocycles. The van der Waals surface area contributed by atoms with Gasteiger partial charge in [0.05, 0.1) is 17.9 Å². The first-order chi connectivity index (χ1) is 13.3. The number of esters is 1. The van der Waals surface area contributed by atoms with Crippen LogP contribution in [0.15, 0.2) is 42.5 Å². The number of sulfonamides is 1. The third kappa shape index (κ3) is 4.36. The van der Waals surface area contributed by atoms with Crippen molar-refractivity contribution < 1.29 is 22.7 Å². The Morgan fingerprint density at radius 1 is 1.18 bits per heavy atom. The largest absolute Gasteiger partial charge is 0.457 e. The summed E-state index contributed by atoms with van der Waals surface area (Å²) in [7, 11) is -3.33. The van der Waals surface area contributed by atoms with Crippen molar-refractivity contribution in [3.63, 3.8) is 0 Å². The fourth-order valence-corrected chi connectivity index (χ4v) is 4.43. The number of fused-ring (bicyclic) bond motifs is 1. The monoisotopic (exact) mass is 421 g/mol. The van der Waals surface area contributed by atoms with Crippen LogP contribution in [0.5, 0.6) is 0 Å². The highest BCUT2D eigenvalue weighted by molar-refractivity contribution is 7.92. The SMILES string of the molecule is CCS(=O)(=O)N1CCc2cc(C(=O)COC(=O)Cc3ccccc3Cl)ccc21. The number of Topliss-reactive ketones (excluding diaryl/α,β-unsaturated/α-hetero) is 1. The lowest BCUT2D eigenvalue weighted by atomic mass is 10.1. The number of benzene rings is 2. The van der Waals surface area contributed by atoms with Crippen molar-refractivity contribution in [1.82, 2.24) is 0 Å². The number of ether oxygens (including phenoxy) is 1. The molecular formula is C20H20ClNO5S. The van der Waals surface area contributed by atoms with Crippen LogP contribution in [0.3, 0.4) is 0 Å². The van der Waals surface area contributed by atoms with Gasteiger partial charge in [-0.15, -0.1) is 0 Å². The number of hydrogen-bond acceptors (Lipinski definition) is 5. The molecule has 0 spiro atoms. The van der Waals surface area contributed by atoms with Gasteiger partial charge in [-0.05, 0) is 48.7 Å². The van der Waals surface area contributed by atoms with Gasteiger partial charge in [-0.25, -0.2) is 8.42 Å². The molecule has 0 fully saturated rings. The smallest absolute Gasteiger partial charge is 0.310 e. The van der Waals surface area contributed by atoms with E-state index in [1.54, 1.807) is 49.4 Å². The number of halogens is 1. The lowest BCUT2D eigenvalue weighted by Crippen LogP contribution is -2.30. The average Bonchev–Trinajstić information content (AvgIpc) is 3.12. The molecule has 0 aromatic heterocycles. The highest BCUT2D eigenvalue weighted by atomic mass is 35.5. The van der Waals surface area contributed by atoms with Gasteiger partial charge in [0.25, 0.3) is 0 Å². The Morgan fingerprint density at radius 2 is 1.93 bits per heavy atom. The Bertz CT molecular complexity index is 1020. The Balaban J connectivity index is 1.63. The molecule has 0 bridgehead atoms. The van der Waals surface area contributed by atoms with E-state index in [0.29, 0.717) is 34.8 Å². The van der Waals surface area contributed by atoms with Crippen LogP contribution in [0.4, 0.5) is 5.69 Å². The van der Waals surface area contributed by atoms with Gasteiger partial charge in [0, 0.05) is 17.1 Å². The molecule has 3 rings (SSSR count). The van der Waals surface area contributed by atoms with Crippen LogP contribution in [0.25, 0.3) is 0 Å². The van der Waals surface area contributed by atoms with Crippen LogP contribution < -0.4 is 4.31 Å². The van der Waals surface area contributed by atoms with Crippen LogP contribution in [-0.2, 0) is 32.4 Å². The van der Waals surface area contributed by atoms with E-state index in [4.69, 9.17) is 16.3 Å². The molecule has 0 saturated heterocycles. The number of rotatable bonds is 7. The molecule has 0 N–H and O–H groups in total. The number of ketones is 1. The maximum atomic E-state index is 12.4. The van der Waals surface area contributed by atoms with E-state index in [-0.39, 0.29) is 24.6 Å². The molecule has 8 heteroatoms. The number of hydrogen-bond donors (Lipinski definition) is 0. The van der Waals surface area contributed by atoms with Crippen LogP contribution in [0.1, 0.15) is 28.4 Å². The maximum absolute atomic E-state index is 12.4. The van der Waals surface area contributed by atoms with Crippen LogP contribution >= 0.6 is 11.6 Å². The first kappa shape index (κ1) is 20.4. The van der Waals surface area contributed by atoms with Gasteiger partial charge in [-0.3, -0.25) is 13.9 Å². The van der Waals surface area contributed by atoms with Gasteiger partial charge in [0.15, 0.2) is 12.4 Å². The van der Waals surface area contributed by atoms with E-state index in [1.165, 1.54) is 4.31 Å². The Labute approximate surface area is 169 Å². The minimum absolute atomic E-state index is 0.0129. The summed E-state index contributed by atoms with van der Waals surface area (Å²) >= 11 is 6.01. The minimum Gasteiger partial charge on any atom is -0.457 e. The zero-order chi connectivity index (χ0) is 20.3. The van der Waals surface area contributed by atoms with Gasteiger partial charge >= 0.3 is 5.97 Å². The third-order valence-electron chi connectivity index (χ3n) is 4.61. The molecule has 2 aromatic carbocycles. The van der Waals surface area contributed by atoms with Gasteiger partial charge < -0.3 is 4.74 Å². The third-order valence-corrected chi connectivity index (χ3v) is 6.76. The summed E-state index contributed by atoms with van der Waals surface area (Å²) in [6.45, 7) is 1.59. The van der Waals surface area contributed by atoms with E-state index in [2.05, 4.69) is 0 Å². The van der Waals surface area contributed by atoms with E-state index >= 15 is 0 Å². The molecule has 1 aliphatic heterocycles. The summed E-state index contributed by atoms with van der Waals surface area (Å²) < 4.78 is 30.7. The lowest BCUT2D eigenvalue weighted by Gasteiger charge is -2.18. The number of carbonyl (C=O) groups is 2. The molecule has 0 amide bonds. The maximum Gasteiger partial charge on any atom is 0.310 e. The van der Waals surface area contributed by atoms with Crippen molar-refractivity contribution in [2.75, 3.05) is 23.2 Å². The molecule has 2 aromatic rings. The van der Waals surface area contributed by atoms with E-state index in [9.17, 15) is 18.0 Å². The molecule has 148 valence electrons. The normalized spacial score (nSPS) is 13.3. The zero-order valence-corrected chi connectivity index (χ0v) is 16.9. The first-order valence-corrected chi connectivity index (χ1v) is 10.9. The molecule has 1 aliphatic rings. The topological polar surface area (TPSA) is 80.8 Å². The molecule has 0 radical (unpaired) electrons. The van der Waals surface area contributed by atoms with E-state index in [0.717, 1.165) is 5.56 Å². The van der Waals surface area contributed by atoms with Gasteiger partial charge in [0.2, 0.25) is 10.0 Å². The molecule has 28 heavy (non-hydrogen) atoms. The second-order valence-corrected chi connectivity index (χ2v) is 9.01. The van der Waals surface area contributed by atoms with E-state index < -0.39 is 16.0 Å². The summed E-state index contributed by atoms with van der Waals surface area (Å²) in [6.07, 6.45) is 0.531. The average molecular weight is 422 g/mol. The predicted octanol–water partition coefficient (Wildman–Crippen LogP) is 3.02. The summed E-state index contributed by atoms with van der Waals surface area (Å²) in [5, 5.41) is 0.469. The summed E-state index contributed by atoms with van der Waals surface area (Å²) in [6, 6.07) is 11.8. The lowest BCUT2D eigenvalue weighted by molar-refractivity contribution is -0.141. The van der Waals surface area contributed by atoms with Gasteiger partial charge in [0.1, 0.15) is 0 Å². The fourth-order valence-electron chi connectivity index (χ4n) is 3.07. The van der Waals surface area contributed by atoms with Crippen molar-refractivity contribution in [2.45, 2.75) is 19.8 Å². The van der Waals surface area contributed by atoms with Crippen molar-refractivity contribution >= 4 is 39.1 Å². The second kappa shape index (κ2) is 8.32. The van der Waals surface area contributed by atoms with Crippen molar-refractivity contribution in [2.24, 2.45) is 0 Å². The Hall–Kier alpha value is -2.38. The number of carbonyl (C=O) groups excluding carboxylic acids is 2. The summed E-state index contributed by atoms with van der Waals surface area (Å²) in [4.78, 5) is 24.3. The minimum atomic E-state index is -3.33. The van der Waals surface area contributed by atoms with Crippen LogP contribution in [-0.4, -0.2) is 39.1 Å². The Morgan fingerprint density at radius 3 is 2.64 bits per heavy atom. The first-order valence-electron chi connectivity index (χ1n) is 8.87. The standard InChI is InChI=1S/C20H20ClNO5S/c1-2-28(25,26)22-10-9-15-11-16(7-8-18(15)22)19(23)13-27-20(24)12-14-5-3-4-6-17(14)21/h3-8,11H,2,9-10,12-13H2,1H3. The zero-order valence-electron chi connectivity index (χ0n) is 15.4. The number of nitrogens with zero attached hydrogens (tertiary/aromatic N) is 1. The molecule has 0 saturated carbocycles. The highest BCUT2D eigenvalue weighted by Crippen LogP contribution is 2.31. The molecule has 1 heterocycles. The summed E-state index contributed by atoms with van der Waals surface area (Å²) in [5.41, 5.74) is 2.43. The van der Waals surface area contributed by atoms with Crippen molar-refractivity contribution in [3.05, 3.63) is 64.2 Å². The van der Waals surface area contributed by atoms with Crippen LogP contribution in [0, 0.1) is 0 Å². The van der Waals surface area contributed by atoms with Crippen molar-refractivity contribution in [3.8, 4) is 0 Å². The molecule has 0 atom stereocenters. The highest BCUT2D eigenvalue weighted by Gasteiger charge is 2.28. The van der Waals surface area contributed by atoms with E-state index in [1.807, 2.05) is 0 Å². The quantitative estimate of drug-likeness (QED) is 0.507. The summed E-state index contributed by atoms with van der Waals surface area (Å²) in [5.74, 6) is -0.857. The molecular weight excluding hydrogens is 402 g/mol. The predicted molar refractivity (Wildman–Crippen MR) is 107 cm³/mol. The second-order valence-electron chi connectivity index (χ2n) is 6.42. The molecule has 6 nitrogen and oxygen atoms in total. The fraction of sp³-hybridized carbons (Fsp3) is 0.300. The van der Waals surface area contributed by atoms with Crippen molar-refractivity contribution in [1.29, 1.82) is 0 Å². The number of anilines is 1.